The molecule has 0 unspecified atom stereocenters. The highest BCUT2D eigenvalue weighted by Gasteiger charge is 2.10. The highest BCUT2D eigenvalue weighted by molar-refractivity contribution is 6.39. The van der Waals surface area contributed by atoms with Crippen LogP contribution in [-0.4, -0.2) is 21.9 Å². The molecule has 21 heavy (non-hydrogen) atoms. The van der Waals surface area contributed by atoms with Crippen LogP contribution in [0.25, 0.3) is 0 Å². The topological polar surface area (TPSA) is 66.9 Å². The molecule has 7 heteroatoms. The van der Waals surface area contributed by atoms with E-state index in [1.165, 1.54) is 12.4 Å². The lowest BCUT2D eigenvalue weighted by Crippen LogP contribution is -2.30. The molecule has 0 aliphatic heterocycles. The summed E-state index contributed by atoms with van der Waals surface area (Å²) in [6.45, 7) is 3.77. The Balaban J connectivity index is 2.15. The van der Waals surface area contributed by atoms with Crippen LogP contribution in [0.5, 0.6) is 0 Å². The van der Waals surface area contributed by atoms with Gasteiger partial charge >= 0.3 is 0 Å². The van der Waals surface area contributed by atoms with Gasteiger partial charge in [0.1, 0.15) is 0 Å². The Kier molecular flexibility index (Phi) is 4.98. The maximum atomic E-state index is 11.8. The minimum absolute atomic E-state index is 0.0530. The summed E-state index contributed by atoms with van der Waals surface area (Å²) in [5, 5.41) is 6.63. The van der Waals surface area contributed by atoms with Crippen LogP contribution < -0.4 is 10.6 Å². The van der Waals surface area contributed by atoms with E-state index in [9.17, 15) is 4.79 Å². The van der Waals surface area contributed by atoms with Crippen molar-refractivity contribution >= 4 is 40.7 Å². The van der Waals surface area contributed by atoms with Crippen molar-refractivity contribution in [1.82, 2.24) is 15.3 Å². The van der Waals surface area contributed by atoms with Gasteiger partial charge in [-0.15, -0.1) is 0 Å². The zero-order chi connectivity index (χ0) is 15.4. The molecule has 1 aromatic heterocycles. The predicted molar refractivity (Wildman–Crippen MR) is 84.4 cm³/mol. The molecule has 1 aromatic carbocycles. The summed E-state index contributed by atoms with van der Waals surface area (Å²) in [5.74, 6) is 0.0958. The molecule has 0 saturated carbocycles. The Morgan fingerprint density at radius 2 is 1.71 bits per heavy atom. The lowest BCUT2D eigenvalue weighted by Gasteiger charge is -2.10. The second kappa shape index (κ2) is 6.74. The van der Waals surface area contributed by atoms with E-state index in [2.05, 4.69) is 20.6 Å². The molecule has 5 nitrogen and oxygen atoms in total. The van der Waals surface area contributed by atoms with Gasteiger partial charge in [0.25, 0.3) is 5.91 Å². The summed E-state index contributed by atoms with van der Waals surface area (Å²) in [6.07, 6.45) is 2.88. The van der Waals surface area contributed by atoms with Gasteiger partial charge in [0.05, 0.1) is 21.3 Å². The Bertz CT molecular complexity index is 624. The lowest BCUT2D eigenvalue weighted by molar-refractivity contribution is 0.0942. The van der Waals surface area contributed by atoms with Gasteiger partial charge in [-0.2, -0.15) is 0 Å². The van der Waals surface area contributed by atoms with Crippen LogP contribution in [0.1, 0.15) is 24.2 Å². The molecule has 2 rings (SSSR count). The first-order valence-electron chi connectivity index (χ1n) is 6.31. The Morgan fingerprint density at radius 1 is 1.14 bits per heavy atom. The molecule has 0 fully saturated rings. The average molecular weight is 325 g/mol. The van der Waals surface area contributed by atoms with Crippen LogP contribution in [0.2, 0.25) is 10.0 Å². The second-order valence-corrected chi connectivity index (χ2v) is 5.46. The van der Waals surface area contributed by atoms with Crippen LogP contribution in [0.15, 0.2) is 30.6 Å². The minimum atomic E-state index is -0.215. The van der Waals surface area contributed by atoms with Gasteiger partial charge in [-0.3, -0.25) is 4.79 Å². The fraction of sp³-hybridized carbons (Fsp3) is 0.214. The Morgan fingerprint density at radius 3 is 2.24 bits per heavy atom. The van der Waals surface area contributed by atoms with E-state index in [-0.39, 0.29) is 11.9 Å². The molecule has 0 saturated heterocycles. The number of hydrogen-bond donors (Lipinski definition) is 2. The number of carbonyl (C=O) groups excluding carboxylic acids is 1. The first-order valence-corrected chi connectivity index (χ1v) is 7.07. The molecule has 2 N–H and O–H groups in total. The smallest absolute Gasteiger partial charge is 0.254 e. The van der Waals surface area contributed by atoms with Gasteiger partial charge in [0.15, 0.2) is 0 Å². The molecule has 0 radical (unpaired) electrons. The predicted octanol–water partition coefficient (Wildman–Crippen LogP) is 3.67. The van der Waals surface area contributed by atoms with Crippen LogP contribution >= 0.6 is 23.2 Å². The zero-order valence-corrected chi connectivity index (χ0v) is 13.0. The van der Waals surface area contributed by atoms with Crippen LogP contribution in [0, 0.1) is 0 Å². The molecular weight excluding hydrogens is 311 g/mol. The highest BCUT2D eigenvalue weighted by Crippen LogP contribution is 2.31. The number of nitrogens with zero attached hydrogens (tertiary/aromatic N) is 2. The summed E-state index contributed by atoms with van der Waals surface area (Å²) in [5.41, 5.74) is 0.916. The molecule has 0 aliphatic carbocycles. The van der Waals surface area contributed by atoms with Crippen LogP contribution in [0.4, 0.5) is 11.6 Å². The molecule has 0 spiro atoms. The first-order chi connectivity index (χ1) is 9.97. The fourth-order valence-electron chi connectivity index (χ4n) is 1.58. The van der Waals surface area contributed by atoms with E-state index < -0.39 is 0 Å². The third-order valence-electron chi connectivity index (χ3n) is 2.53. The van der Waals surface area contributed by atoms with Crippen molar-refractivity contribution in [3.05, 3.63) is 46.2 Å². The van der Waals surface area contributed by atoms with Gasteiger partial charge in [0.2, 0.25) is 5.95 Å². The van der Waals surface area contributed by atoms with Gasteiger partial charge in [-0.1, -0.05) is 29.3 Å². The highest BCUT2D eigenvalue weighted by atomic mass is 35.5. The number of para-hydroxylation sites is 1. The number of rotatable bonds is 4. The molecule has 110 valence electrons. The monoisotopic (exact) mass is 324 g/mol. The minimum Gasteiger partial charge on any atom is -0.350 e. The Labute approximate surface area is 132 Å². The molecular formula is C14H14Cl2N4O. The number of benzene rings is 1. The summed E-state index contributed by atoms with van der Waals surface area (Å²) in [6, 6.07) is 5.22. The molecule has 1 heterocycles. The molecule has 1 amide bonds. The van der Waals surface area contributed by atoms with Crippen LogP contribution in [0.3, 0.4) is 0 Å². The third-order valence-corrected chi connectivity index (χ3v) is 3.16. The van der Waals surface area contributed by atoms with Crippen molar-refractivity contribution in [1.29, 1.82) is 0 Å². The SMILES string of the molecule is CC(C)NC(=O)c1cnc(Nc2c(Cl)cccc2Cl)nc1. The van der Waals surface area contributed by atoms with Gasteiger partial charge < -0.3 is 10.6 Å². The van der Waals surface area contributed by atoms with Crippen molar-refractivity contribution in [2.24, 2.45) is 0 Å². The largest absolute Gasteiger partial charge is 0.350 e. The molecule has 0 bridgehead atoms. The van der Waals surface area contributed by atoms with Crippen molar-refractivity contribution < 1.29 is 4.79 Å². The van der Waals surface area contributed by atoms with Crippen LogP contribution in [-0.2, 0) is 0 Å². The number of aromatic nitrogens is 2. The number of anilines is 2. The van der Waals surface area contributed by atoms with Crippen molar-refractivity contribution in [2.45, 2.75) is 19.9 Å². The van der Waals surface area contributed by atoms with E-state index in [1.54, 1.807) is 18.2 Å². The van der Waals surface area contributed by atoms with Gasteiger partial charge in [-0.25, -0.2) is 9.97 Å². The van der Waals surface area contributed by atoms with Gasteiger partial charge in [0, 0.05) is 18.4 Å². The van der Waals surface area contributed by atoms with Crippen molar-refractivity contribution in [3.63, 3.8) is 0 Å². The summed E-state index contributed by atoms with van der Waals surface area (Å²) in [7, 11) is 0. The normalized spacial score (nSPS) is 10.5. The van der Waals surface area contributed by atoms with E-state index in [4.69, 9.17) is 23.2 Å². The van der Waals surface area contributed by atoms with E-state index in [0.717, 1.165) is 0 Å². The quantitative estimate of drug-likeness (QED) is 0.900. The molecule has 2 aromatic rings. The summed E-state index contributed by atoms with van der Waals surface area (Å²) < 4.78 is 0. The van der Waals surface area contributed by atoms with E-state index in [1.807, 2.05) is 13.8 Å². The number of halogens is 2. The zero-order valence-electron chi connectivity index (χ0n) is 11.5. The average Bonchev–Trinajstić information content (AvgIpc) is 2.43. The number of nitrogens with one attached hydrogen (secondary N) is 2. The first kappa shape index (κ1) is 15.5. The van der Waals surface area contributed by atoms with Gasteiger partial charge in [-0.05, 0) is 26.0 Å². The summed E-state index contributed by atoms with van der Waals surface area (Å²) >= 11 is 12.1. The summed E-state index contributed by atoms with van der Waals surface area (Å²) in [4.78, 5) is 19.9. The van der Waals surface area contributed by atoms with E-state index in [0.29, 0.717) is 27.2 Å². The van der Waals surface area contributed by atoms with Crippen molar-refractivity contribution in [2.75, 3.05) is 5.32 Å². The maximum Gasteiger partial charge on any atom is 0.254 e. The number of hydrogen-bond acceptors (Lipinski definition) is 4. The third kappa shape index (κ3) is 4.06. The number of carbonyl (C=O) groups is 1. The molecule has 0 atom stereocenters. The standard InChI is InChI=1S/C14H14Cl2N4O/c1-8(2)19-13(21)9-6-17-14(18-7-9)20-12-10(15)4-3-5-11(12)16/h3-8H,1-2H3,(H,19,21)(H,17,18,20). The molecule has 0 aliphatic rings. The fourth-order valence-corrected chi connectivity index (χ4v) is 2.08. The second-order valence-electron chi connectivity index (χ2n) is 4.65. The Hall–Kier alpha value is -1.85. The van der Waals surface area contributed by atoms with Crippen molar-refractivity contribution in [3.8, 4) is 0 Å². The van der Waals surface area contributed by atoms with E-state index >= 15 is 0 Å². The lowest BCUT2D eigenvalue weighted by atomic mass is 10.3. The maximum absolute atomic E-state index is 11.8. The number of amides is 1.